The molecule has 1 rings (SSSR count). The van der Waals surface area contributed by atoms with Crippen LogP contribution in [0, 0.1) is 0 Å². The predicted octanol–water partition coefficient (Wildman–Crippen LogP) is 0.161. The Morgan fingerprint density at radius 3 is 1.77 bits per heavy atom. The lowest BCUT2D eigenvalue weighted by Crippen LogP contribution is -2.63. The number of carbonyl (C=O) groups excluding carboxylic acids is 5. The number of hydrogen-bond acceptors (Lipinski definition) is 12. The van der Waals surface area contributed by atoms with Gasteiger partial charge in [0, 0.05) is 34.6 Å². The van der Waals surface area contributed by atoms with Gasteiger partial charge in [0.1, 0.15) is 12.7 Å². The van der Waals surface area contributed by atoms with Gasteiger partial charge < -0.3 is 33.2 Å². The molecule has 0 aromatic rings. The molecule has 1 fully saturated rings. The van der Waals surface area contributed by atoms with Crippen molar-refractivity contribution in [1.29, 1.82) is 0 Å². The Bertz CT molecular complexity index is 702. The molecule has 1 heterocycles. The van der Waals surface area contributed by atoms with Crippen LogP contribution in [0.3, 0.4) is 0 Å². The molecule has 0 spiro atoms. The summed E-state index contributed by atoms with van der Waals surface area (Å²) in [5.74, 6) is -3.69. The van der Waals surface area contributed by atoms with Crippen molar-refractivity contribution in [1.82, 2.24) is 0 Å². The quantitative estimate of drug-likeness (QED) is 0.205. The zero-order valence-corrected chi connectivity index (χ0v) is 17.9. The minimum Gasteiger partial charge on any atom is -0.463 e. The topological polar surface area (TPSA) is 150 Å². The van der Waals surface area contributed by atoms with E-state index in [0.29, 0.717) is 0 Å². The predicted molar refractivity (Wildman–Crippen MR) is 98.8 cm³/mol. The molecule has 12 heteroatoms. The van der Waals surface area contributed by atoms with Crippen LogP contribution in [0.1, 0.15) is 34.6 Å². The second kappa shape index (κ2) is 12.0. The Kier molecular flexibility index (Phi) is 10.1. The van der Waals surface area contributed by atoms with Gasteiger partial charge in [-0.15, -0.1) is 0 Å². The van der Waals surface area contributed by atoms with Gasteiger partial charge in [0.15, 0.2) is 18.3 Å². The maximum Gasteiger partial charge on any atom is 0.305 e. The first-order valence-electron chi connectivity index (χ1n) is 9.20. The van der Waals surface area contributed by atoms with E-state index in [2.05, 4.69) is 6.58 Å². The lowest BCUT2D eigenvalue weighted by atomic mass is 9.98. The molecule has 31 heavy (non-hydrogen) atoms. The SMILES string of the molecule is C=CC(OC(C)=O)O[C@@H]1O[C@H](COC(C)=O)[C@@H](OC(C)=O)[C@H](OC(C)=O)[C@H]1OC(C)=O. The molecule has 12 nitrogen and oxygen atoms in total. The van der Waals surface area contributed by atoms with Gasteiger partial charge in [-0.25, -0.2) is 0 Å². The molecule has 1 saturated heterocycles. The fourth-order valence-corrected chi connectivity index (χ4v) is 2.73. The minimum absolute atomic E-state index is 0.413. The maximum atomic E-state index is 11.7. The van der Waals surface area contributed by atoms with Crippen LogP contribution in [-0.4, -0.2) is 73.4 Å². The van der Waals surface area contributed by atoms with Crippen LogP contribution in [0.5, 0.6) is 0 Å². The second-order valence-corrected chi connectivity index (χ2v) is 6.42. The van der Waals surface area contributed by atoms with Crippen LogP contribution >= 0.6 is 0 Å². The molecule has 0 saturated carbocycles. The Labute approximate surface area is 178 Å². The summed E-state index contributed by atoms with van der Waals surface area (Å²) >= 11 is 0. The Hall–Kier alpha value is -2.99. The molecule has 1 aliphatic rings. The van der Waals surface area contributed by atoms with Crippen LogP contribution in [0.25, 0.3) is 0 Å². The van der Waals surface area contributed by atoms with Crippen molar-refractivity contribution in [3.05, 3.63) is 12.7 Å². The van der Waals surface area contributed by atoms with E-state index in [1.807, 2.05) is 0 Å². The van der Waals surface area contributed by atoms with Gasteiger partial charge >= 0.3 is 29.8 Å². The smallest absolute Gasteiger partial charge is 0.305 e. The second-order valence-electron chi connectivity index (χ2n) is 6.42. The number of carbonyl (C=O) groups is 5. The summed E-state index contributed by atoms with van der Waals surface area (Å²) in [4.78, 5) is 57.6. The largest absolute Gasteiger partial charge is 0.463 e. The van der Waals surface area contributed by atoms with Crippen molar-refractivity contribution < 1.29 is 57.1 Å². The molecular weight excluding hydrogens is 420 g/mol. The monoisotopic (exact) mass is 446 g/mol. The molecule has 6 atom stereocenters. The van der Waals surface area contributed by atoms with Crippen molar-refractivity contribution in [3.63, 3.8) is 0 Å². The van der Waals surface area contributed by atoms with Crippen molar-refractivity contribution in [3.8, 4) is 0 Å². The van der Waals surface area contributed by atoms with Crippen LogP contribution in [0.4, 0.5) is 0 Å². The number of rotatable bonds is 9. The summed E-state index contributed by atoms with van der Waals surface area (Å²) in [5, 5.41) is 0. The van der Waals surface area contributed by atoms with E-state index in [-0.39, 0.29) is 0 Å². The number of esters is 5. The van der Waals surface area contributed by atoms with Crippen LogP contribution in [0.15, 0.2) is 12.7 Å². The maximum absolute atomic E-state index is 11.7. The molecule has 0 aromatic carbocycles. The first-order valence-corrected chi connectivity index (χ1v) is 9.20. The lowest BCUT2D eigenvalue weighted by Gasteiger charge is -2.44. The highest BCUT2D eigenvalue weighted by Gasteiger charge is 2.53. The Balaban J connectivity index is 3.36. The highest BCUT2D eigenvalue weighted by atomic mass is 16.8. The van der Waals surface area contributed by atoms with Gasteiger partial charge in [-0.2, -0.15) is 0 Å². The van der Waals surface area contributed by atoms with Gasteiger partial charge in [-0.05, 0) is 6.08 Å². The van der Waals surface area contributed by atoms with Crippen molar-refractivity contribution in [2.45, 2.75) is 71.6 Å². The number of ether oxygens (including phenoxy) is 7. The number of hydrogen-bond donors (Lipinski definition) is 0. The molecule has 0 radical (unpaired) electrons. The molecule has 1 unspecified atom stereocenters. The third-order valence-electron chi connectivity index (χ3n) is 3.69. The van der Waals surface area contributed by atoms with E-state index in [9.17, 15) is 24.0 Å². The summed E-state index contributed by atoms with van der Waals surface area (Å²) in [5.41, 5.74) is 0. The third-order valence-corrected chi connectivity index (χ3v) is 3.69. The minimum atomic E-state index is -1.48. The molecule has 0 N–H and O–H groups in total. The zero-order chi connectivity index (χ0) is 23.7. The highest BCUT2D eigenvalue weighted by Crippen LogP contribution is 2.30. The molecule has 0 bridgehead atoms. The highest BCUT2D eigenvalue weighted by molar-refractivity contribution is 5.69. The fraction of sp³-hybridized carbons (Fsp3) is 0.632. The van der Waals surface area contributed by atoms with E-state index in [1.54, 1.807) is 0 Å². The van der Waals surface area contributed by atoms with E-state index in [4.69, 9.17) is 33.2 Å². The van der Waals surface area contributed by atoms with Crippen molar-refractivity contribution in [2.75, 3.05) is 6.61 Å². The average Bonchev–Trinajstić information content (AvgIpc) is 2.62. The normalized spacial score (nSPS) is 26.0. The molecule has 0 aromatic heterocycles. The first-order chi connectivity index (χ1) is 14.4. The summed E-state index contributed by atoms with van der Waals surface area (Å²) in [6.07, 6.45) is -7.00. The molecular formula is C19H26O12. The molecule has 0 aliphatic carbocycles. The summed E-state index contributed by atoms with van der Waals surface area (Å²) in [6, 6.07) is 0. The molecule has 174 valence electrons. The van der Waals surface area contributed by atoms with Gasteiger partial charge in [-0.1, -0.05) is 6.58 Å². The van der Waals surface area contributed by atoms with E-state index in [1.165, 1.54) is 0 Å². The Morgan fingerprint density at radius 2 is 1.32 bits per heavy atom. The summed E-state index contributed by atoms with van der Waals surface area (Å²) in [6.45, 7) is 8.63. The van der Waals surface area contributed by atoms with Gasteiger partial charge in [-0.3, -0.25) is 24.0 Å². The Morgan fingerprint density at radius 1 is 0.806 bits per heavy atom. The van der Waals surface area contributed by atoms with Crippen LogP contribution in [-0.2, 0) is 57.1 Å². The van der Waals surface area contributed by atoms with E-state index in [0.717, 1.165) is 40.7 Å². The first kappa shape index (κ1) is 26.0. The lowest BCUT2D eigenvalue weighted by molar-refractivity contribution is -0.329. The molecule has 0 amide bonds. The van der Waals surface area contributed by atoms with Crippen LogP contribution < -0.4 is 0 Å². The average molecular weight is 446 g/mol. The third kappa shape index (κ3) is 8.72. The standard InChI is InChI=1S/C19H26O12/c1-7-15(26-10(3)21)31-19-18(29-13(6)24)17(28-12(5)23)16(27-11(4)22)14(30-19)8-25-9(2)20/h7,14-19H,1,8H2,2-6H3/t14-,15?,16-,17+,18-,19+/m1/s1. The van der Waals surface area contributed by atoms with E-state index >= 15 is 0 Å². The van der Waals surface area contributed by atoms with Crippen molar-refractivity contribution in [2.24, 2.45) is 0 Å². The van der Waals surface area contributed by atoms with Gasteiger partial charge in [0.25, 0.3) is 0 Å². The van der Waals surface area contributed by atoms with Crippen LogP contribution in [0.2, 0.25) is 0 Å². The molecule has 1 aliphatic heterocycles. The van der Waals surface area contributed by atoms with Gasteiger partial charge in [0.05, 0.1) is 0 Å². The summed E-state index contributed by atoms with van der Waals surface area (Å²) in [7, 11) is 0. The zero-order valence-electron chi connectivity index (χ0n) is 17.9. The van der Waals surface area contributed by atoms with Gasteiger partial charge in [0.2, 0.25) is 12.6 Å². The van der Waals surface area contributed by atoms with Crippen molar-refractivity contribution >= 4 is 29.8 Å². The fourth-order valence-electron chi connectivity index (χ4n) is 2.73. The van der Waals surface area contributed by atoms with E-state index < -0.39 is 73.4 Å². The summed E-state index contributed by atoms with van der Waals surface area (Å²) < 4.78 is 36.8.